The van der Waals surface area contributed by atoms with Gasteiger partial charge in [-0.1, -0.05) is 18.3 Å². The summed E-state index contributed by atoms with van der Waals surface area (Å²) in [6.07, 6.45) is 0. The predicted octanol–water partition coefficient (Wildman–Crippen LogP) is 2.70. The lowest BCUT2D eigenvalue weighted by Crippen LogP contribution is -2.14. The van der Waals surface area contributed by atoms with E-state index in [1.165, 1.54) is 4.88 Å². The van der Waals surface area contributed by atoms with Gasteiger partial charge in [0.1, 0.15) is 10.8 Å². The molecule has 2 rings (SSSR count). The highest BCUT2D eigenvalue weighted by atomic mass is 32.1. The molecule has 0 atom stereocenters. The third-order valence-electron chi connectivity index (χ3n) is 2.31. The smallest absolute Gasteiger partial charge is 0.136 e. The van der Waals surface area contributed by atoms with E-state index in [1.54, 1.807) is 11.3 Å². The number of aromatic nitrogens is 1. The van der Waals surface area contributed by atoms with E-state index in [1.807, 2.05) is 25.1 Å². The maximum atomic E-state index is 5.67. The fourth-order valence-corrected chi connectivity index (χ4v) is 2.28. The summed E-state index contributed by atoms with van der Waals surface area (Å²) in [6.45, 7) is 2.68. The van der Waals surface area contributed by atoms with Gasteiger partial charge >= 0.3 is 0 Å². The molecule has 0 saturated heterocycles. The first kappa shape index (κ1) is 12.0. The third kappa shape index (κ3) is 3.01. The largest absolute Gasteiger partial charge is 0.389 e. The van der Waals surface area contributed by atoms with E-state index in [9.17, 15) is 0 Å². The van der Waals surface area contributed by atoms with Crippen molar-refractivity contribution >= 4 is 34.4 Å². The van der Waals surface area contributed by atoms with Crippen LogP contribution in [0.4, 0.5) is 5.82 Å². The number of nitrogens with one attached hydrogen (secondary N) is 1. The van der Waals surface area contributed by atoms with Crippen molar-refractivity contribution in [2.75, 3.05) is 5.32 Å². The SMILES string of the molecule is Cc1ccc(C(N)=S)c(NCc2cccs2)n1. The average molecular weight is 263 g/mol. The highest BCUT2D eigenvalue weighted by Crippen LogP contribution is 2.16. The third-order valence-corrected chi connectivity index (χ3v) is 3.41. The molecule has 0 amide bonds. The van der Waals surface area contributed by atoms with E-state index in [4.69, 9.17) is 18.0 Å². The van der Waals surface area contributed by atoms with Crippen molar-refractivity contribution in [3.05, 3.63) is 45.8 Å². The lowest BCUT2D eigenvalue weighted by molar-refractivity contribution is 1.11. The Hall–Kier alpha value is -1.46. The number of anilines is 1. The normalized spacial score (nSPS) is 10.2. The van der Waals surface area contributed by atoms with Gasteiger partial charge < -0.3 is 11.1 Å². The summed E-state index contributed by atoms with van der Waals surface area (Å²) in [5.41, 5.74) is 7.40. The van der Waals surface area contributed by atoms with E-state index >= 15 is 0 Å². The molecule has 0 saturated carbocycles. The summed E-state index contributed by atoms with van der Waals surface area (Å²) < 4.78 is 0. The Morgan fingerprint density at radius 1 is 1.47 bits per heavy atom. The van der Waals surface area contributed by atoms with Gasteiger partial charge in [-0.15, -0.1) is 11.3 Å². The van der Waals surface area contributed by atoms with Crippen molar-refractivity contribution in [3.63, 3.8) is 0 Å². The number of thiophene rings is 1. The maximum Gasteiger partial charge on any atom is 0.136 e. The lowest BCUT2D eigenvalue weighted by Gasteiger charge is -2.10. The predicted molar refractivity (Wildman–Crippen MR) is 76.5 cm³/mol. The highest BCUT2D eigenvalue weighted by molar-refractivity contribution is 7.80. The molecule has 0 aliphatic heterocycles. The van der Waals surface area contributed by atoms with Gasteiger partial charge in [-0.3, -0.25) is 0 Å². The van der Waals surface area contributed by atoms with Crippen LogP contribution < -0.4 is 11.1 Å². The maximum absolute atomic E-state index is 5.67. The zero-order chi connectivity index (χ0) is 12.3. The number of hydrogen-bond donors (Lipinski definition) is 2. The van der Waals surface area contributed by atoms with E-state index in [-0.39, 0.29) is 0 Å². The topological polar surface area (TPSA) is 50.9 Å². The van der Waals surface area contributed by atoms with E-state index in [0.717, 1.165) is 23.6 Å². The molecule has 88 valence electrons. The number of aryl methyl sites for hydroxylation is 1. The Balaban J connectivity index is 2.19. The molecule has 0 aliphatic rings. The second-order valence-electron chi connectivity index (χ2n) is 3.65. The molecule has 2 heterocycles. The van der Waals surface area contributed by atoms with Crippen LogP contribution in [0.25, 0.3) is 0 Å². The molecule has 0 bridgehead atoms. The van der Waals surface area contributed by atoms with Crippen molar-refractivity contribution in [1.82, 2.24) is 4.98 Å². The number of rotatable bonds is 4. The monoisotopic (exact) mass is 263 g/mol. The molecular weight excluding hydrogens is 250 g/mol. The molecular formula is C12H13N3S2. The first-order valence-electron chi connectivity index (χ1n) is 5.20. The van der Waals surface area contributed by atoms with Gasteiger partial charge in [0.25, 0.3) is 0 Å². The summed E-state index contributed by atoms with van der Waals surface area (Å²) in [4.78, 5) is 6.04. The quantitative estimate of drug-likeness (QED) is 0.833. The zero-order valence-corrected chi connectivity index (χ0v) is 11.1. The van der Waals surface area contributed by atoms with E-state index in [0.29, 0.717) is 4.99 Å². The van der Waals surface area contributed by atoms with Gasteiger partial charge in [-0.2, -0.15) is 0 Å². The van der Waals surface area contributed by atoms with Gasteiger partial charge in [-0.05, 0) is 30.5 Å². The molecule has 0 unspecified atom stereocenters. The van der Waals surface area contributed by atoms with Gasteiger partial charge in [0.2, 0.25) is 0 Å². The van der Waals surface area contributed by atoms with Gasteiger partial charge in [0, 0.05) is 10.6 Å². The van der Waals surface area contributed by atoms with Crippen LogP contribution in [0, 0.1) is 6.92 Å². The zero-order valence-electron chi connectivity index (χ0n) is 9.43. The molecule has 2 aromatic heterocycles. The van der Waals surface area contributed by atoms with Gasteiger partial charge in [-0.25, -0.2) is 4.98 Å². The number of thiocarbonyl (C=S) groups is 1. The Morgan fingerprint density at radius 2 is 2.29 bits per heavy atom. The van der Waals surface area contributed by atoms with Crippen LogP contribution in [-0.2, 0) is 6.54 Å². The molecule has 2 aromatic rings. The summed E-state index contributed by atoms with van der Waals surface area (Å²) in [6, 6.07) is 7.92. The number of hydrogen-bond acceptors (Lipinski definition) is 4. The first-order valence-corrected chi connectivity index (χ1v) is 6.49. The molecule has 17 heavy (non-hydrogen) atoms. The Morgan fingerprint density at radius 3 is 2.94 bits per heavy atom. The molecule has 0 fully saturated rings. The molecule has 5 heteroatoms. The fourth-order valence-electron chi connectivity index (χ4n) is 1.47. The van der Waals surface area contributed by atoms with E-state index in [2.05, 4.69) is 21.7 Å². The Kier molecular flexibility index (Phi) is 3.71. The van der Waals surface area contributed by atoms with Crippen LogP contribution in [0.3, 0.4) is 0 Å². The van der Waals surface area contributed by atoms with Crippen molar-refractivity contribution in [2.45, 2.75) is 13.5 Å². The number of nitrogens with zero attached hydrogens (tertiary/aromatic N) is 1. The van der Waals surface area contributed by atoms with Gasteiger partial charge in [0.05, 0.1) is 12.1 Å². The minimum absolute atomic E-state index is 0.367. The van der Waals surface area contributed by atoms with Crippen LogP contribution in [0.15, 0.2) is 29.6 Å². The summed E-state index contributed by atoms with van der Waals surface area (Å²) in [5, 5.41) is 5.32. The van der Waals surface area contributed by atoms with Gasteiger partial charge in [0.15, 0.2) is 0 Å². The van der Waals surface area contributed by atoms with Crippen molar-refractivity contribution in [2.24, 2.45) is 5.73 Å². The van der Waals surface area contributed by atoms with Crippen LogP contribution in [0.2, 0.25) is 0 Å². The highest BCUT2D eigenvalue weighted by Gasteiger charge is 2.06. The first-order chi connectivity index (χ1) is 8.16. The van der Waals surface area contributed by atoms with Crippen LogP contribution in [0.1, 0.15) is 16.1 Å². The minimum Gasteiger partial charge on any atom is -0.389 e. The van der Waals surface area contributed by atoms with Crippen molar-refractivity contribution in [1.29, 1.82) is 0 Å². The lowest BCUT2D eigenvalue weighted by atomic mass is 10.2. The molecule has 0 spiro atoms. The Bertz CT molecular complexity index is 521. The number of pyridine rings is 1. The summed E-state index contributed by atoms with van der Waals surface area (Å²) in [5.74, 6) is 0.755. The summed E-state index contributed by atoms with van der Waals surface area (Å²) in [7, 11) is 0. The average Bonchev–Trinajstić information content (AvgIpc) is 2.78. The molecule has 3 nitrogen and oxygen atoms in total. The standard InChI is InChI=1S/C12H13N3S2/c1-8-4-5-10(11(13)16)12(15-8)14-7-9-3-2-6-17-9/h2-6H,7H2,1H3,(H2,13,16)(H,14,15). The molecule has 0 radical (unpaired) electrons. The second kappa shape index (κ2) is 5.25. The summed E-state index contributed by atoms with van der Waals surface area (Å²) >= 11 is 6.71. The molecule has 0 aromatic carbocycles. The van der Waals surface area contributed by atoms with E-state index < -0.39 is 0 Å². The molecule has 3 N–H and O–H groups in total. The molecule has 0 aliphatic carbocycles. The van der Waals surface area contributed by atoms with Crippen LogP contribution >= 0.6 is 23.6 Å². The fraction of sp³-hybridized carbons (Fsp3) is 0.167. The second-order valence-corrected chi connectivity index (χ2v) is 5.12. The minimum atomic E-state index is 0.367. The van der Waals surface area contributed by atoms with Crippen LogP contribution in [-0.4, -0.2) is 9.97 Å². The number of nitrogens with two attached hydrogens (primary N) is 1. The van der Waals surface area contributed by atoms with Crippen LogP contribution in [0.5, 0.6) is 0 Å². The van der Waals surface area contributed by atoms with Crippen molar-refractivity contribution < 1.29 is 0 Å². The Labute approximate surface area is 110 Å². The van der Waals surface area contributed by atoms with Crippen molar-refractivity contribution in [3.8, 4) is 0 Å².